The van der Waals surface area contributed by atoms with Gasteiger partial charge in [0, 0.05) is 23.1 Å². The van der Waals surface area contributed by atoms with Gasteiger partial charge in [0.05, 0.1) is 5.52 Å². The summed E-state index contributed by atoms with van der Waals surface area (Å²) in [5.41, 5.74) is 1.68. The maximum atomic E-state index is 12.2. The summed E-state index contributed by atoms with van der Waals surface area (Å²) in [4.78, 5) is 16.4. The molecule has 1 atom stereocenters. The van der Waals surface area contributed by atoms with Gasteiger partial charge < -0.3 is 0 Å². The SMILES string of the molecule is CCC(C)C(=O)c1cccc2ncccc12. The minimum atomic E-state index is 0.0748. The summed E-state index contributed by atoms with van der Waals surface area (Å²) in [7, 11) is 0. The predicted octanol–water partition coefficient (Wildman–Crippen LogP) is 3.46. The molecule has 0 bridgehead atoms. The van der Waals surface area contributed by atoms with Crippen molar-refractivity contribution in [1.82, 2.24) is 4.98 Å². The van der Waals surface area contributed by atoms with Gasteiger partial charge in [-0.2, -0.15) is 0 Å². The first-order valence-electron chi connectivity index (χ1n) is 5.62. The van der Waals surface area contributed by atoms with Gasteiger partial charge in [-0.05, 0) is 18.6 Å². The van der Waals surface area contributed by atoms with E-state index in [1.54, 1.807) is 6.20 Å². The molecule has 1 unspecified atom stereocenters. The lowest BCUT2D eigenvalue weighted by atomic mass is 9.94. The molecule has 2 heteroatoms. The standard InChI is InChI=1S/C14H15NO/c1-3-10(2)14(16)12-6-4-8-13-11(12)7-5-9-15-13/h4-10H,3H2,1-2H3. The van der Waals surface area contributed by atoms with E-state index >= 15 is 0 Å². The van der Waals surface area contributed by atoms with Crippen LogP contribution in [-0.4, -0.2) is 10.8 Å². The van der Waals surface area contributed by atoms with Crippen molar-refractivity contribution < 1.29 is 4.79 Å². The Morgan fingerprint density at radius 1 is 1.31 bits per heavy atom. The number of rotatable bonds is 3. The highest BCUT2D eigenvalue weighted by Crippen LogP contribution is 2.20. The molecule has 0 saturated heterocycles. The summed E-state index contributed by atoms with van der Waals surface area (Å²) in [5, 5.41) is 0.954. The smallest absolute Gasteiger partial charge is 0.166 e. The highest BCUT2D eigenvalue weighted by molar-refractivity contribution is 6.08. The van der Waals surface area contributed by atoms with Gasteiger partial charge in [-0.3, -0.25) is 9.78 Å². The van der Waals surface area contributed by atoms with Crippen LogP contribution in [0.15, 0.2) is 36.5 Å². The van der Waals surface area contributed by atoms with Gasteiger partial charge in [-0.25, -0.2) is 0 Å². The molecule has 1 heterocycles. The Morgan fingerprint density at radius 3 is 2.88 bits per heavy atom. The Balaban J connectivity index is 2.56. The minimum absolute atomic E-state index is 0.0748. The second-order valence-electron chi connectivity index (χ2n) is 4.05. The Hall–Kier alpha value is -1.70. The van der Waals surface area contributed by atoms with Crippen molar-refractivity contribution in [3.8, 4) is 0 Å². The number of carbonyl (C=O) groups excluding carboxylic acids is 1. The molecular weight excluding hydrogens is 198 g/mol. The van der Waals surface area contributed by atoms with Crippen LogP contribution in [0.4, 0.5) is 0 Å². The second kappa shape index (κ2) is 4.44. The summed E-state index contributed by atoms with van der Waals surface area (Å²) >= 11 is 0. The second-order valence-corrected chi connectivity index (χ2v) is 4.05. The van der Waals surface area contributed by atoms with Crippen LogP contribution in [0.2, 0.25) is 0 Å². The van der Waals surface area contributed by atoms with Crippen molar-refractivity contribution in [2.24, 2.45) is 5.92 Å². The lowest BCUT2D eigenvalue weighted by Crippen LogP contribution is -2.10. The summed E-state index contributed by atoms with van der Waals surface area (Å²) in [6, 6.07) is 9.54. The quantitative estimate of drug-likeness (QED) is 0.731. The Labute approximate surface area is 95.3 Å². The maximum Gasteiger partial charge on any atom is 0.166 e. The van der Waals surface area contributed by atoms with Crippen molar-refractivity contribution in [3.05, 3.63) is 42.1 Å². The predicted molar refractivity (Wildman–Crippen MR) is 65.5 cm³/mol. The van der Waals surface area contributed by atoms with E-state index in [9.17, 15) is 4.79 Å². The van der Waals surface area contributed by atoms with Crippen molar-refractivity contribution in [3.63, 3.8) is 0 Å². The zero-order valence-electron chi connectivity index (χ0n) is 9.60. The maximum absolute atomic E-state index is 12.2. The van der Waals surface area contributed by atoms with E-state index in [4.69, 9.17) is 0 Å². The van der Waals surface area contributed by atoms with Gasteiger partial charge >= 0.3 is 0 Å². The van der Waals surface area contributed by atoms with E-state index in [1.165, 1.54) is 0 Å². The van der Waals surface area contributed by atoms with Gasteiger partial charge in [0.15, 0.2) is 5.78 Å². The van der Waals surface area contributed by atoms with E-state index in [-0.39, 0.29) is 11.7 Å². The lowest BCUT2D eigenvalue weighted by Gasteiger charge is -2.09. The van der Waals surface area contributed by atoms with Gasteiger partial charge in [0.25, 0.3) is 0 Å². The van der Waals surface area contributed by atoms with Crippen LogP contribution in [0, 0.1) is 5.92 Å². The molecule has 0 aliphatic carbocycles. The zero-order chi connectivity index (χ0) is 11.5. The first-order valence-corrected chi connectivity index (χ1v) is 5.62. The first-order chi connectivity index (χ1) is 7.74. The van der Waals surface area contributed by atoms with Crippen LogP contribution >= 0.6 is 0 Å². The molecule has 16 heavy (non-hydrogen) atoms. The van der Waals surface area contributed by atoms with E-state index in [1.807, 2.05) is 44.2 Å². The van der Waals surface area contributed by atoms with E-state index in [2.05, 4.69) is 4.98 Å². The number of pyridine rings is 1. The highest BCUT2D eigenvalue weighted by atomic mass is 16.1. The van der Waals surface area contributed by atoms with Gasteiger partial charge in [-0.1, -0.05) is 32.0 Å². The molecule has 0 radical (unpaired) electrons. The van der Waals surface area contributed by atoms with E-state index in [0.29, 0.717) is 0 Å². The average Bonchev–Trinajstić information content (AvgIpc) is 2.36. The fourth-order valence-electron chi connectivity index (χ4n) is 1.77. The van der Waals surface area contributed by atoms with Crippen LogP contribution in [0.1, 0.15) is 30.6 Å². The number of ketones is 1. The highest BCUT2D eigenvalue weighted by Gasteiger charge is 2.15. The van der Waals surface area contributed by atoms with Crippen molar-refractivity contribution in [2.45, 2.75) is 20.3 Å². The molecule has 0 amide bonds. The summed E-state index contributed by atoms with van der Waals surface area (Å²) < 4.78 is 0. The monoisotopic (exact) mass is 213 g/mol. The third-order valence-corrected chi connectivity index (χ3v) is 2.97. The Morgan fingerprint density at radius 2 is 2.12 bits per heavy atom. The fraction of sp³-hybridized carbons (Fsp3) is 0.286. The third-order valence-electron chi connectivity index (χ3n) is 2.97. The number of aromatic nitrogens is 1. The molecule has 0 fully saturated rings. The van der Waals surface area contributed by atoms with Gasteiger partial charge in [0.2, 0.25) is 0 Å². The number of hydrogen-bond acceptors (Lipinski definition) is 2. The Bertz CT molecular complexity index is 514. The fourth-order valence-corrected chi connectivity index (χ4v) is 1.77. The summed E-state index contributed by atoms with van der Waals surface area (Å²) in [6.07, 6.45) is 2.62. The molecule has 0 aliphatic rings. The molecule has 0 N–H and O–H groups in total. The molecule has 0 saturated carbocycles. The number of nitrogens with zero attached hydrogens (tertiary/aromatic N) is 1. The average molecular weight is 213 g/mol. The van der Waals surface area contributed by atoms with Crippen LogP contribution < -0.4 is 0 Å². The first kappa shape index (κ1) is 10.8. The largest absolute Gasteiger partial charge is 0.294 e. The van der Waals surface area contributed by atoms with Crippen molar-refractivity contribution in [1.29, 1.82) is 0 Å². The molecule has 2 rings (SSSR count). The van der Waals surface area contributed by atoms with Gasteiger partial charge in [-0.15, -0.1) is 0 Å². The number of Topliss-reactive ketones (excluding diaryl/α,β-unsaturated/α-hetero) is 1. The number of benzene rings is 1. The molecule has 1 aromatic carbocycles. The van der Waals surface area contributed by atoms with Gasteiger partial charge in [0.1, 0.15) is 0 Å². The summed E-state index contributed by atoms with van der Waals surface area (Å²) in [6.45, 7) is 4.00. The van der Waals surface area contributed by atoms with Crippen LogP contribution in [-0.2, 0) is 0 Å². The number of carbonyl (C=O) groups is 1. The van der Waals surface area contributed by atoms with E-state index < -0.39 is 0 Å². The number of fused-ring (bicyclic) bond motifs is 1. The molecule has 2 nitrogen and oxygen atoms in total. The van der Waals surface area contributed by atoms with Crippen LogP contribution in [0.5, 0.6) is 0 Å². The third kappa shape index (κ3) is 1.83. The molecular formula is C14H15NO. The number of hydrogen-bond donors (Lipinski definition) is 0. The minimum Gasteiger partial charge on any atom is -0.294 e. The Kier molecular flexibility index (Phi) is 3.00. The van der Waals surface area contributed by atoms with Crippen molar-refractivity contribution in [2.75, 3.05) is 0 Å². The molecule has 2 aromatic rings. The molecule has 82 valence electrons. The zero-order valence-corrected chi connectivity index (χ0v) is 9.60. The van der Waals surface area contributed by atoms with Crippen molar-refractivity contribution >= 4 is 16.7 Å². The normalized spacial score (nSPS) is 12.6. The van der Waals surface area contributed by atoms with Crippen LogP contribution in [0.3, 0.4) is 0 Å². The molecule has 0 aliphatic heterocycles. The lowest BCUT2D eigenvalue weighted by molar-refractivity contribution is 0.0929. The van der Waals surface area contributed by atoms with E-state index in [0.717, 1.165) is 22.9 Å². The summed E-state index contributed by atoms with van der Waals surface area (Å²) in [5.74, 6) is 0.284. The molecule has 0 spiro atoms. The molecule has 1 aromatic heterocycles. The van der Waals surface area contributed by atoms with Crippen LogP contribution in [0.25, 0.3) is 10.9 Å². The topological polar surface area (TPSA) is 30.0 Å².